The Kier molecular flexibility index (Phi) is 3.98. The third kappa shape index (κ3) is 2.68. The number of ether oxygens (including phenoxy) is 1. The number of benzene rings is 1. The van der Waals surface area contributed by atoms with E-state index in [0.717, 1.165) is 24.8 Å². The van der Waals surface area contributed by atoms with Gasteiger partial charge in [-0.1, -0.05) is 18.6 Å². The molecule has 0 bridgehead atoms. The zero-order chi connectivity index (χ0) is 19.2. The Labute approximate surface area is 156 Å². The van der Waals surface area contributed by atoms with Gasteiger partial charge in [0.25, 0.3) is 5.91 Å². The summed E-state index contributed by atoms with van der Waals surface area (Å²) in [5.41, 5.74) is 12.7. The highest BCUT2D eigenvalue weighted by Crippen LogP contribution is 2.44. The zero-order valence-electron chi connectivity index (χ0n) is 15.0. The standard InChI is InChI=1S/C19H21N5O3/c1-11-9-24(17(25)14-15(20)22-10-23-16(14)27-11)13-5-3-12(4-6-13)19(18(21)26)7-2-8-19/h3-6,10-11H,2,7-9H2,1H3,(H2,21,26)(H2,20,22,23)/t11-/m1/s1. The summed E-state index contributed by atoms with van der Waals surface area (Å²) in [6.45, 7) is 2.20. The van der Waals surface area contributed by atoms with Crippen LogP contribution >= 0.6 is 0 Å². The first-order valence-electron chi connectivity index (χ1n) is 8.92. The summed E-state index contributed by atoms with van der Waals surface area (Å²) in [7, 11) is 0. The highest BCUT2D eigenvalue weighted by molar-refractivity contribution is 6.10. The van der Waals surface area contributed by atoms with Crippen LogP contribution in [0.2, 0.25) is 0 Å². The van der Waals surface area contributed by atoms with Gasteiger partial charge in [0.2, 0.25) is 11.8 Å². The molecule has 1 aromatic carbocycles. The second-order valence-corrected chi connectivity index (χ2v) is 7.13. The minimum atomic E-state index is -0.581. The van der Waals surface area contributed by atoms with Crippen LogP contribution in [0.15, 0.2) is 30.6 Å². The lowest BCUT2D eigenvalue weighted by molar-refractivity contribution is -0.126. The van der Waals surface area contributed by atoms with E-state index in [1.807, 2.05) is 31.2 Å². The zero-order valence-corrected chi connectivity index (χ0v) is 15.0. The molecule has 1 aliphatic heterocycles. The van der Waals surface area contributed by atoms with Gasteiger partial charge in [0.1, 0.15) is 23.8 Å². The van der Waals surface area contributed by atoms with Crippen LogP contribution in [0.1, 0.15) is 42.1 Å². The molecule has 8 heteroatoms. The number of carbonyl (C=O) groups is 2. The van der Waals surface area contributed by atoms with Gasteiger partial charge in [0.05, 0.1) is 12.0 Å². The van der Waals surface area contributed by atoms with Crippen LogP contribution in [-0.4, -0.2) is 34.4 Å². The largest absolute Gasteiger partial charge is 0.472 e. The van der Waals surface area contributed by atoms with E-state index < -0.39 is 5.41 Å². The Bertz CT molecular complexity index is 908. The maximum atomic E-state index is 13.1. The van der Waals surface area contributed by atoms with Crippen LogP contribution in [0, 0.1) is 0 Å². The van der Waals surface area contributed by atoms with E-state index in [1.165, 1.54) is 6.33 Å². The molecule has 2 aliphatic rings. The molecule has 27 heavy (non-hydrogen) atoms. The SMILES string of the molecule is C[C@@H]1CN(c2ccc(C3(C(N)=O)CCC3)cc2)C(=O)c2c(N)ncnc2O1. The Hall–Kier alpha value is -3.16. The number of primary amides is 1. The predicted octanol–water partition coefficient (Wildman–Crippen LogP) is 1.39. The normalized spacial score (nSPS) is 20.9. The summed E-state index contributed by atoms with van der Waals surface area (Å²) in [4.78, 5) is 34.5. The van der Waals surface area contributed by atoms with E-state index in [2.05, 4.69) is 9.97 Å². The van der Waals surface area contributed by atoms with Crippen LogP contribution in [0.25, 0.3) is 0 Å². The predicted molar refractivity (Wildman–Crippen MR) is 99.4 cm³/mol. The van der Waals surface area contributed by atoms with Gasteiger partial charge in [0.15, 0.2) is 0 Å². The molecule has 0 saturated heterocycles. The number of rotatable bonds is 3. The summed E-state index contributed by atoms with van der Waals surface area (Å²) >= 11 is 0. The lowest BCUT2D eigenvalue weighted by Crippen LogP contribution is -2.46. The van der Waals surface area contributed by atoms with E-state index in [0.29, 0.717) is 12.2 Å². The first-order valence-corrected chi connectivity index (χ1v) is 8.92. The summed E-state index contributed by atoms with van der Waals surface area (Å²) < 4.78 is 5.74. The second kappa shape index (κ2) is 6.22. The van der Waals surface area contributed by atoms with Gasteiger partial charge in [-0.2, -0.15) is 0 Å². The highest BCUT2D eigenvalue weighted by Gasteiger charge is 2.44. The molecule has 1 saturated carbocycles. The number of hydrogen-bond acceptors (Lipinski definition) is 6. The van der Waals surface area contributed by atoms with Gasteiger partial charge in [0, 0.05) is 5.69 Å². The average molecular weight is 367 g/mol. The number of aromatic nitrogens is 2. The molecular weight excluding hydrogens is 346 g/mol. The molecule has 8 nitrogen and oxygen atoms in total. The van der Waals surface area contributed by atoms with Crippen molar-refractivity contribution in [2.45, 2.75) is 37.7 Å². The molecule has 0 unspecified atom stereocenters. The first-order chi connectivity index (χ1) is 12.9. The van der Waals surface area contributed by atoms with Gasteiger partial charge in [-0.05, 0) is 37.5 Å². The van der Waals surface area contributed by atoms with Crippen LogP contribution in [0.5, 0.6) is 5.88 Å². The number of nitrogens with two attached hydrogens (primary N) is 2. The Morgan fingerprint density at radius 2 is 1.96 bits per heavy atom. The minimum absolute atomic E-state index is 0.0860. The minimum Gasteiger partial charge on any atom is -0.472 e. The van der Waals surface area contributed by atoms with E-state index >= 15 is 0 Å². The smallest absolute Gasteiger partial charge is 0.267 e. The topological polar surface area (TPSA) is 124 Å². The van der Waals surface area contributed by atoms with Crippen molar-refractivity contribution in [2.75, 3.05) is 17.2 Å². The summed E-state index contributed by atoms with van der Waals surface area (Å²) in [6, 6.07) is 7.39. The molecule has 4 N–H and O–H groups in total. The maximum Gasteiger partial charge on any atom is 0.267 e. The van der Waals surface area contributed by atoms with E-state index in [9.17, 15) is 9.59 Å². The molecule has 4 rings (SSSR count). The first kappa shape index (κ1) is 17.3. The van der Waals surface area contributed by atoms with E-state index in [-0.39, 0.29) is 35.2 Å². The van der Waals surface area contributed by atoms with Crippen molar-refractivity contribution in [3.8, 4) is 5.88 Å². The fourth-order valence-electron chi connectivity index (χ4n) is 3.77. The number of fused-ring (bicyclic) bond motifs is 1. The van der Waals surface area contributed by atoms with Crippen LogP contribution in [0.3, 0.4) is 0 Å². The Morgan fingerprint density at radius 1 is 1.26 bits per heavy atom. The van der Waals surface area contributed by atoms with E-state index in [1.54, 1.807) is 4.90 Å². The van der Waals surface area contributed by atoms with Crippen molar-refractivity contribution in [3.63, 3.8) is 0 Å². The van der Waals surface area contributed by atoms with Crippen molar-refractivity contribution in [3.05, 3.63) is 41.7 Å². The molecule has 2 amide bonds. The number of amides is 2. The highest BCUT2D eigenvalue weighted by atomic mass is 16.5. The number of hydrogen-bond donors (Lipinski definition) is 2. The monoisotopic (exact) mass is 367 g/mol. The Balaban J connectivity index is 1.70. The molecule has 1 aromatic heterocycles. The van der Waals surface area contributed by atoms with Crippen molar-refractivity contribution in [1.82, 2.24) is 9.97 Å². The molecule has 0 radical (unpaired) electrons. The quantitative estimate of drug-likeness (QED) is 0.845. The number of nitrogen functional groups attached to an aromatic ring is 1. The molecule has 0 spiro atoms. The lowest BCUT2D eigenvalue weighted by Gasteiger charge is -2.39. The van der Waals surface area contributed by atoms with Gasteiger partial charge in [-0.3, -0.25) is 9.59 Å². The fourth-order valence-corrected chi connectivity index (χ4v) is 3.77. The summed E-state index contributed by atoms with van der Waals surface area (Å²) in [5, 5.41) is 0. The van der Waals surface area contributed by atoms with Crippen LogP contribution in [0.4, 0.5) is 11.5 Å². The summed E-state index contributed by atoms with van der Waals surface area (Å²) in [6.07, 6.45) is 3.51. The van der Waals surface area contributed by atoms with Gasteiger partial charge < -0.3 is 21.1 Å². The maximum absolute atomic E-state index is 13.1. The van der Waals surface area contributed by atoms with E-state index in [4.69, 9.17) is 16.2 Å². The van der Waals surface area contributed by atoms with Crippen LogP contribution in [-0.2, 0) is 10.2 Å². The van der Waals surface area contributed by atoms with Gasteiger partial charge in [-0.15, -0.1) is 0 Å². The van der Waals surface area contributed by atoms with Gasteiger partial charge >= 0.3 is 0 Å². The third-order valence-corrected chi connectivity index (χ3v) is 5.46. The fraction of sp³-hybridized carbons (Fsp3) is 0.368. The van der Waals surface area contributed by atoms with Crippen molar-refractivity contribution in [2.24, 2.45) is 5.73 Å². The molecule has 2 aromatic rings. The second-order valence-electron chi connectivity index (χ2n) is 7.13. The van der Waals surface area contributed by atoms with Crippen molar-refractivity contribution in [1.29, 1.82) is 0 Å². The van der Waals surface area contributed by atoms with Crippen molar-refractivity contribution < 1.29 is 14.3 Å². The molecule has 140 valence electrons. The number of nitrogens with zero attached hydrogens (tertiary/aromatic N) is 3. The lowest BCUT2D eigenvalue weighted by atomic mass is 9.64. The third-order valence-electron chi connectivity index (χ3n) is 5.46. The molecular formula is C19H21N5O3. The van der Waals surface area contributed by atoms with Crippen LogP contribution < -0.4 is 21.1 Å². The number of carbonyl (C=O) groups excluding carboxylic acids is 2. The molecule has 1 atom stereocenters. The Morgan fingerprint density at radius 3 is 2.56 bits per heavy atom. The summed E-state index contributed by atoms with van der Waals surface area (Å²) in [5.74, 6) is -0.328. The average Bonchev–Trinajstić information content (AvgIpc) is 2.71. The molecule has 2 heterocycles. The van der Waals surface area contributed by atoms with Crippen molar-refractivity contribution >= 4 is 23.3 Å². The molecule has 1 aliphatic carbocycles. The number of anilines is 2. The van der Waals surface area contributed by atoms with Gasteiger partial charge in [-0.25, -0.2) is 9.97 Å². The molecule has 1 fully saturated rings.